The molecule has 1 aliphatic carbocycles. The first-order valence-electron chi connectivity index (χ1n) is 10.9. The van der Waals surface area contributed by atoms with Crippen LogP contribution in [0.4, 0.5) is 5.69 Å². The van der Waals surface area contributed by atoms with E-state index in [0.29, 0.717) is 22.0 Å². The number of anilines is 1. The molecule has 0 saturated carbocycles. The van der Waals surface area contributed by atoms with Gasteiger partial charge in [0.25, 0.3) is 5.91 Å². The Labute approximate surface area is 188 Å². The zero-order valence-electron chi connectivity index (χ0n) is 17.1. The van der Waals surface area contributed by atoms with E-state index in [4.69, 9.17) is 23.2 Å². The van der Waals surface area contributed by atoms with Crippen LogP contribution >= 0.6 is 23.2 Å². The Morgan fingerprint density at radius 3 is 2.77 bits per heavy atom. The molecule has 0 unspecified atom stereocenters. The van der Waals surface area contributed by atoms with Crippen LogP contribution in [0.1, 0.15) is 66.1 Å². The zero-order valence-corrected chi connectivity index (χ0v) is 18.6. The summed E-state index contributed by atoms with van der Waals surface area (Å²) in [5.74, 6) is 0.811. The van der Waals surface area contributed by atoms with Crippen LogP contribution in [0.2, 0.25) is 10.0 Å². The maximum Gasteiger partial charge on any atom is 0.254 e. The first-order chi connectivity index (χ1) is 14.5. The fourth-order valence-electron chi connectivity index (χ4n) is 5.35. The minimum absolute atomic E-state index is 0.117. The Morgan fingerprint density at radius 2 is 1.97 bits per heavy atom. The number of rotatable bonds is 2. The molecule has 0 radical (unpaired) electrons. The third-order valence-corrected chi connectivity index (χ3v) is 7.53. The SMILES string of the molecule is C[C@@H]1CCCCN1C(=O)c1ccc2c(c1)[C@H]1C=CC[C@@H]1[C@H](c1ccc(Cl)cc1Cl)N2. The van der Waals surface area contributed by atoms with E-state index in [1.165, 1.54) is 12.0 Å². The number of piperidine rings is 1. The van der Waals surface area contributed by atoms with Gasteiger partial charge in [-0.3, -0.25) is 4.79 Å². The second-order valence-corrected chi connectivity index (χ2v) is 9.63. The number of allylic oxidation sites excluding steroid dienone is 2. The maximum absolute atomic E-state index is 13.2. The molecule has 30 heavy (non-hydrogen) atoms. The molecule has 1 fully saturated rings. The van der Waals surface area contributed by atoms with E-state index in [2.05, 4.69) is 36.5 Å². The zero-order chi connectivity index (χ0) is 20.8. The first-order valence-corrected chi connectivity index (χ1v) is 11.6. The molecule has 4 atom stereocenters. The van der Waals surface area contributed by atoms with E-state index in [1.807, 2.05) is 29.2 Å². The molecule has 3 nitrogen and oxygen atoms in total. The Kier molecular flexibility index (Phi) is 5.28. The van der Waals surface area contributed by atoms with E-state index in [-0.39, 0.29) is 17.9 Å². The number of hydrogen-bond acceptors (Lipinski definition) is 2. The highest BCUT2D eigenvalue weighted by atomic mass is 35.5. The van der Waals surface area contributed by atoms with Crippen molar-refractivity contribution in [3.8, 4) is 0 Å². The molecule has 2 aromatic carbocycles. The van der Waals surface area contributed by atoms with E-state index < -0.39 is 0 Å². The topological polar surface area (TPSA) is 32.3 Å². The van der Waals surface area contributed by atoms with Gasteiger partial charge in [0.05, 0.1) is 6.04 Å². The molecular weight excluding hydrogens is 415 g/mol. The lowest BCUT2D eigenvalue weighted by Crippen LogP contribution is -2.42. The second-order valence-electron chi connectivity index (χ2n) is 8.79. The highest BCUT2D eigenvalue weighted by Gasteiger charge is 2.39. The van der Waals surface area contributed by atoms with E-state index in [9.17, 15) is 4.79 Å². The lowest BCUT2D eigenvalue weighted by atomic mass is 9.76. The Morgan fingerprint density at radius 1 is 1.10 bits per heavy atom. The van der Waals surface area contributed by atoms with Crippen LogP contribution in [0.5, 0.6) is 0 Å². The normalized spacial score (nSPS) is 27.4. The van der Waals surface area contributed by atoms with Gasteiger partial charge in [0.1, 0.15) is 0 Å². The molecule has 156 valence electrons. The van der Waals surface area contributed by atoms with Crippen molar-refractivity contribution in [3.63, 3.8) is 0 Å². The molecule has 5 heteroatoms. The third kappa shape index (κ3) is 3.42. The summed E-state index contributed by atoms with van der Waals surface area (Å²) >= 11 is 12.7. The molecular formula is C25H26Cl2N2O. The van der Waals surface area contributed by atoms with Crippen molar-refractivity contribution < 1.29 is 4.79 Å². The van der Waals surface area contributed by atoms with Gasteiger partial charge in [-0.05, 0) is 80.0 Å². The Hall–Kier alpha value is -1.97. The number of likely N-dealkylation sites (tertiary alicyclic amines) is 1. The van der Waals surface area contributed by atoms with Crippen molar-refractivity contribution in [1.82, 2.24) is 4.90 Å². The van der Waals surface area contributed by atoms with Crippen LogP contribution in [0.15, 0.2) is 48.6 Å². The highest BCUT2D eigenvalue weighted by Crippen LogP contribution is 2.51. The van der Waals surface area contributed by atoms with Gasteiger partial charge in [-0.1, -0.05) is 41.4 Å². The number of benzene rings is 2. The van der Waals surface area contributed by atoms with Gasteiger partial charge in [0.15, 0.2) is 0 Å². The summed E-state index contributed by atoms with van der Waals surface area (Å²) in [6.07, 6.45) is 8.93. The standard InChI is InChI=1S/C25H26Cl2N2O/c1-15-5-2-3-12-29(15)25(30)16-8-11-23-21(13-16)18-6-4-7-19(18)24(28-23)20-10-9-17(26)14-22(20)27/h4,6,8-11,13-15,18-19,24,28H,2-3,5,7,12H2,1H3/t15-,18+,19+,24-/m1/s1. The average molecular weight is 441 g/mol. The number of halogens is 2. The predicted octanol–water partition coefficient (Wildman–Crippen LogP) is 6.83. The minimum atomic E-state index is 0.117. The molecule has 2 aromatic rings. The monoisotopic (exact) mass is 440 g/mol. The maximum atomic E-state index is 13.2. The quantitative estimate of drug-likeness (QED) is 0.518. The van der Waals surface area contributed by atoms with Crippen LogP contribution < -0.4 is 5.32 Å². The fourth-order valence-corrected chi connectivity index (χ4v) is 5.88. The summed E-state index contributed by atoms with van der Waals surface area (Å²) < 4.78 is 0. The first kappa shape index (κ1) is 20.0. The van der Waals surface area contributed by atoms with Gasteiger partial charge in [-0.2, -0.15) is 0 Å². The number of hydrogen-bond donors (Lipinski definition) is 1. The van der Waals surface area contributed by atoms with Crippen molar-refractivity contribution in [2.75, 3.05) is 11.9 Å². The van der Waals surface area contributed by atoms with Gasteiger partial charge < -0.3 is 10.2 Å². The summed E-state index contributed by atoms with van der Waals surface area (Å²) in [7, 11) is 0. The molecule has 1 N–H and O–H groups in total. The molecule has 0 bridgehead atoms. The molecule has 3 aliphatic rings. The van der Waals surface area contributed by atoms with E-state index >= 15 is 0 Å². The van der Waals surface area contributed by atoms with Gasteiger partial charge in [0, 0.05) is 39.8 Å². The molecule has 2 heterocycles. The lowest BCUT2D eigenvalue weighted by Gasteiger charge is -2.38. The van der Waals surface area contributed by atoms with Crippen LogP contribution in [0.3, 0.4) is 0 Å². The number of fused-ring (bicyclic) bond motifs is 3. The van der Waals surface area contributed by atoms with Crippen molar-refractivity contribution in [3.05, 3.63) is 75.3 Å². The van der Waals surface area contributed by atoms with Gasteiger partial charge >= 0.3 is 0 Å². The van der Waals surface area contributed by atoms with Crippen molar-refractivity contribution >= 4 is 34.8 Å². The fraction of sp³-hybridized carbons (Fsp3) is 0.400. The van der Waals surface area contributed by atoms with Gasteiger partial charge in [-0.15, -0.1) is 0 Å². The van der Waals surface area contributed by atoms with Crippen molar-refractivity contribution in [1.29, 1.82) is 0 Å². The van der Waals surface area contributed by atoms with Gasteiger partial charge in [0.2, 0.25) is 0 Å². The second kappa shape index (κ2) is 7.94. The summed E-state index contributed by atoms with van der Waals surface area (Å²) in [6, 6.07) is 12.3. The largest absolute Gasteiger partial charge is 0.378 e. The molecule has 1 saturated heterocycles. The smallest absolute Gasteiger partial charge is 0.254 e. The summed E-state index contributed by atoms with van der Waals surface area (Å²) in [4.78, 5) is 15.2. The minimum Gasteiger partial charge on any atom is -0.378 e. The molecule has 0 aromatic heterocycles. The number of nitrogens with zero attached hydrogens (tertiary/aromatic N) is 1. The summed E-state index contributed by atoms with van der Waals surface area (Å²) in [5, 5.41) is 5.05. The van der Waals surface area contributed by atoms with Crippen LogP contribution in [0.25, 0.3) is 0 Å². The Balaban J connectivity index is 1.48. The number of amides is 1. The third-order valence-electron chi connectivity index (χ3n) is 6.97. The average Bonchev–Trinajstić information content (AvgIpc) is 3.23. The van der Waals surface area contributed by atoms with Crippen LogP contribution in [0, 0.1) is 5.92 Å². The van der Waals surface area contributed by atoms with Crippen LogP contribution in [-0.4, -0.2) is 23.4 Å². The van der Waals surface area contributed by atoms with Crippen molar-refractivity contribution in [2.45, 2.75) is 50.6 Å². The lowest BCUT2D eigenvalue weighted by molar-refractivity contribution is 0.0635. The van der Waals surface area contributed by atoms with Gasteiger partial charge in [-0.25, -0.2) is 0 Å². The summed E-state index contributed by atoms with van der Waals surface area (Å²) in [6.45, 7) is 3.02. The molecule has 5 rings (SSSR count). The highest BCUT2D eigenvalue weighted by molar-refractivity contribution is 6.35. The Bertz CT molecular complexity index is 1020. The number of carbonyl (C=O) groups is 1. The van der Waals surface area contributed by atoms with E-state index in [1.54, 1.807) is 0 Å². The number of carbonyl (C=O) groups excluding carboxylic acids is 1. The molecule has 0 spiro atoms. The molecule has 1 amide bonds. The summed E-state index contributed by atoms with van der Waals surface area (Å²) in [5.41, 5.74) is 4.17. The van der Waals surface area contributed by atoms with Crippen LogP contribution in [-0.2, 0) is 0 Å². The predicted molar refractivity (Wildman–Crippen MR) is 124 cm³/mol. The number of nitrogens with one attached hydrogen (secondary N) is 1. The van der Waals surface area contributed by atoms with E-state index in [0.717, 1.165) is 42.6 Å². The molecule has 2 aliphatic heterocycles. The van der Waals surface area contributed by atoms with Crippen molar-refractivity contribution in [2.24, 2.45) is 5.92 Å².